The summed E-state index contributed by atoms with van der Waals surface area (Å²) in [5.41, 5.74) is 3.23. The molecule has 0 spiro atoms. The van der Waals surface area contributed by atoms with Crippen LogP contribution in [0.1, 0.15) is 35.6 Å². The van der Waals surface area contributed by atoms with Crippen molar-refractivity contribution in [2.75, 3.05) is 37.6 Å². The van der Waals surface area contributed by atoms with E-state index in [9.17, 15) is 10.1 Å². The SMILES string of the molecule is N#Cc1cccnc1N1CCN(CC(=O)N[C@@H]2CCCc3ccccc32)CC1. The average Bonchev–Trinajstić information content (AvgIpc) is 2.74. The van der Waals surface area contributed by atoms with Crippen LogP contribution in [0.3, 0.4) is 0 Å². The number of aromatic nitrogens is 1. The van der Waals surface area contributed by atoms with Gasteiger partial charge in [-0.05, 0) is 42.5 Å². The largest absolute Gasteiger partial charge is 0.353 e. The Morgan fingerprint density at radius 3 is 2.82 bits per heavy atom. The molecule has 2 heterocycles. The molecule has 0 radical (unpaired) electrons. The lowest BCUT2D eigenvalue weighted by Gasteiger charge is -2.35. The number of carbonyl (C=O) groups is 1. The predicted octanol–water partition coefficient (Wildman–Crippen LogP) is 2.27. The van der Waals surface area contributed by atoms with E-state index in [1.807, 2.05) is 0 Å². The van der Waals surface area contributed by atoms with E-state index in [1.54, 1.807) is 18.3 Å². The summed E-state index contributed by atoms with van der Waals surface area (Å²) < 4.78 is 0. The Labute approximate surface area is 165 Å². The fourth-order valence-electron chi connectivity index (χ4n) is 4.20. The van der Waals surface area contributed by atoms with Crippen molar-refractivity contribution in [2.45, 2.75) is 25.3 Å². The lowest BCUT2D eigenvalue weighted by molar-refractivity contribution is -0.123. The van der Waals surface area contributed by atoms with Gasteiger partial charge in [0.05, 0.1) is 18.2 Å². The van der Waals surface area contributed by atoms with Crippen LogP contribution in [-0.4, -0.2) is 48.5 Å². The van der Waals surface area contributed by atoms with Gasteiger partial charge in [-0.3, -0.25) is 9.69 Å². The van der Waals surface area contributed by atoms with Crippen molar-refractivity contribution in [3.8, 4) is 6.07 Å². The molecular formula is C22H25N5O. The number of benzene rings is 1. The van der Waals surface area contributed by atoms with Gasteiger partial charge >= 0.3 is 0 Å². The highest BCUT2D eigenvalue weighted by Gasteiger charge is 2.24. The van der Waals surface area contributed by atoms with Gasteiger partial charge in [0.2, 0.25) is 5.91 Å². The molecule has 6 nitrogen and oxygen atoms in total. The van der Waals surface area contributed by atoms with Gasteiger partial charge in [0.25, 0.3) is 0 Å². The van der Waals surface area contributed by atoms with Crippen molar-refractivity contribution in [3.05, 3.63) is 59.3 Å². The molecule has 1 aromatic carbocycles. The third kappa shape index (κ3) is 4.00. The first-order valence-corrected chi connectivity index (χ1v) is 9.94. The summed E-state index contributed by atoms with van der Waals surface area (Å²) in [5.74, 6) is 0.832. The zero-order valence-corrected chi connectivity index (χ0v) is 16.0. The molecule has 0 bridgehead atoms. The molecule has 1 aliphatic carbocycles. The molecule has 28 heavy (non-hydrogen) atoms. The van der Waals surface area contributed by atoms with E-state index in [2.05, 4.69) is 50.4 Å². The van der Waals surface area contributed by atoms with Crippen LogP contribution in [0.15, 0.2) is 42.6 Å². The highest BCUT2D eigenvalue weighted by atomic mass is 16.2. The highest BCUT2D eigenvalue weighted by molar-refractivity contribution is 5.78. The van der Waals surface area contributed by atoms with Crippen LogP contribution in [0.2, 0.25) is 0 Å². The van der Waals surface area contributed by atoms with E-state index in [1.165, 1.54) is 11.1 Å². The van der Waals surface area contributed by atoms with Crippen LogP contribution in [0.4, 0.5) is 5.82 Å². The minimum atomic E-state index is 0.0886. The number of amides is 1. The Balaban J connectivity index is 1.31. The summed E-state index contributed by atoms with van der Waals surface area (Å²) in [4.78, 5) is 21.3. The van der Waals surface area contributed by atoms with E-state index >= 15 is 0 Å². The standard InChI is InChI=1S/C22H25N5O/c23-15-18-7-4-10-24-22(18)27-13-11-26(12-14-27)16-21(28)25-20-9-3-6-17-5-1-2-8-19(17)20/h1-2,4-5,7-8,10,20H,3,6,9,11-14,16H2,(H,25,28)/t20-/m1/s1. The van der Waals surface area contributed by atoms with E-state index in [4.69, 9.17) is 0 Å². The average molecular weight is 375 g/mol. The maximum absolute atomic E-state index is 12.6. The molecule has 0 saturated carbocycles. The molecule has 1 fully saturated rings. The number of hydrogen-bond donors (Lipinski definition) is 1. The summed E-state index contributed by atoms with van der Waals surface area (Å²) in [5, 5.41) is 12.5. The second kappa shape index (κ2) is 8.41. The Bertz CT molecular complexity index is 882. The molecule has 1 saturated heterocycles. The van der Waals surface area contributed by atoms with Gasteiger partial charge in [0, 0.05) is 32.4 Å². The fourth-order valence-corrected chi connectivity index (χ4v) is 4.20. The van der Waals surface area contributed by atoms with Gasteiger partial charge in [-0.2, -0.15) is 5.26 Å². The van der Waals surface area contributed by atoms with Gasteiger partial charge in [-0.1, -0.05) is 24.3 Å². The zero-order valence-electron chi connectivity index (χ0n) is 16.0. The summed E-state index contributed by atoms with van der Waals surface area (Å²) in [6, 6.07) is 14.3. The van der Waals surface area contributed by atoms with E-state index in [-0.39, 0.29) is 11.9 Å². The molecule has 6 heteroatoms. The smallest absolute Gasteiger partial charge is 0.234 e. The minimum Gasteiger partial charge on any atom is -0.353 e. The van der Waals surface area contributed by atoms with Gasteiger partial charge < -0.3 is 10.2 Å². The first kappa shape index (κ1) is 18.5. The van der Waals surface area contributed by atoms with Crippen LogP contribution in [0.25, 0.3) is 0 Å². The van der Waals surface area contributed by atoms with Gasteiger partial charge in [0.15, 0.2) is 0 Å². The Morgan fingerprint density at radius 1 is 1.18 bits per heavy atom. The summed E-state index contributed by atoms with van der Waals surface area (Å²) in [6.45, 7) is 3.53. The van der Waals surface area contributed by atoms with Crippen LogP contribution >= 0.6 is 0 Å². The molecule has 144 valence electrons. The predicted molar refractivity (Wildman–Crippen MR) is 108 cm³/mol. The third-order valence-corrected chi connectivity index (χ3v) is 5.65. The number of rotatable bonds is 4. The molecule has 2 aliphatic rings. The summed E-state index contributed by atoms with van der Waals surface area (Å²) in [7, 11) is 0. The second-order valence-electron chi connectivity index (χ2n) is 7.46. The van der Waals surface area contributed by atoms with Crippen molar-refractivity contribution in [1.29, 1.82) is 5.26 Å². The fraction of sp³-hybridized carbons (Fsp3) is 0.409. The first-order chi connectivity index (χ1) is 13.7. The maximum atomic E-state index is 12.6. The van der Waals surface area contributed by atoms with Crippen molar-refractivity contribution >= 4 is 11.7 Å². The number of fused-ring (bicyclic) bond motifs is 1. The molecular weight excluding hydrogens is 350 g/mol. The van der Waals surface area contributed by atoms with Crippen LogP contribution in [-0.2, 0) is 11.2 Å². The number of nitrogens with zero attached hydrogens (tertiary/aromatic N) is 4. The number of hydrogen-bond acceptors (Lipinski definition) is 5. The Hall–Kier alpha value is -2.91. The van der Waals surface area contributed by atoms with Crippen LogP contribution < -0.4 is 10.2 Å². The third-order valence-electron chi connectivity index (χ3n) is 5.65. The van der Waals surface area contributed by atoms with Gasteiger partial charge in [-0.15, -0.1) is 0 Å². The van der Waals surface area contributed by atoms with Crippen molar-refractivity contribution in [1.82, 2.24) is 15.2 Å². The zero-order chi connectivity index (χ0) is 19.3. The summed E-state index contributed by atoms with van der Waals surface area (Å²) >= 11 is 0. The number of carbonyl (C=O) groups excluding carboxylic acids is 1. The van der Waals surface area contributed by atoms with Crippen molar-refractivity contribution in [3.63, 3.8) is 0 Å². The van der Waals surface area contributed by atoms with Gasteiger partial charge in [0.1, 0.15) is 11.9 Å². The number of nitrogens with one attached hydrogen (secondary N) is 1. The van der Waals surface area contributed by atoms with Gasteiger partial charge in [-0.25, -0.2) is 4.98 Å². The first-order valence-electron chi connectivity index (χ1n) is 9.94. The Morgan fingerprint density at radius 2 is 2.00 bits per heavy atom. The van der Waals surface area contributed by atoms with E-state index in [0.717, 1.165) is 51.3 Å². The molecule has 1 aromatic heterocycles. The number of aryl methyl sites for hydroxylation is 1. The Kier molecular flexibility index (Phi) is 5.54. The van der Waals surface area contributed by atoms with Crippen molar-refractivity contribution < 1.29 is 4.79 Å². The minimum absolute atomic E-state index is 0.0886. The van der Waals surface area contributed by atoms with E-state index < -0.39 is 0 Å². The normalized spacial score (nSPS) is 19.5. The molecule has 2 aromatic rings. The molecule has 4 rings (SSSR count). The summed E-state index contributed by atoms with van der Waals surface area (Å²) in [6.07, 6.45) is 4.94. The van der Waals surface area contributed by atoms with Crippen LogP contribution in [0, 0.1) is 11.3 Å². The van der Waals surface area contributed by atoms with Crippen molar-refractivity contribution in [2.24, 2.45) is 0 Å². The van der Waals surface area contributed by atoms with E-state index in [0.29, 0.717) is 12.1 Å². The topological polar surface area (TPSA) is 72.3 Å². The molecule has 1 atom stereocenters. The molecule has 1 N–H and O–H groups in total. The quantitative estimate of drug-likeness (QED) is 0.888. The van der Waals surface area contributed by atoms with Crippen LogP contribution in [0.5, 0.6) is 0 Å². The number of piperazine rings is 1. The number of pyridine rings is 1. The molecule has 1 amide bonds. The highest BCUT2D eigenvalue weighted by Crippen LogP contribution is 2.29. The monoisotopic (exact) mass is 375 g/mol. The lowest BCUT2D eigenvalue weighted by atomic mass is 9.88. The number of anilines is 1. The number of nitriles is 1. The maximum Gasteiger partial charge on any atom is 0.234 e. The lowest BCUT2D eigenvalue weighted by Crippen LogP contribution is -2.50. The second-order valence-corrected chi connectivity index (χ2v) is 7.46. The molecule has 0 unspecified atom stereocenters. The molecule has 1 aliphatic heterocycles.